The number of hydrogen-bond acceptors (Lipinski definition) is 4. The van der Waals surface area contributed by atoms with Crippen LogP contribution in [-0.2, 0) is 10.0 Å². The zero-order valence-electron chi connectivity index (χ0n) is 18.0. The highest BCUT2D eigenvalue weighted by Crippen LogP contribution is 2.28. The lowest BCUT2D eigenvalue weighted by Crippen LogP contribution is -2.42. The molecule has 6 nitrogen and oxygen atoms in total. The number of hydrogen-bond donors (Lipinski definition) is 1. The van der Waals surface area contributed by atoms with Crippen LogP contribution >= 0.6 is 0 Å². The third-order valence-electron chi connectivity index (χ3n) is 5.64. The summed E-state index contributed by atoms with van der Waals surface area (Å²) in [7, 11) is -2.03. The first-order valence-corrected chi connectivity index (χ1v) is 11.8. The molecule has 0 saturated carbocycles. The van der Waals surface area contributed by atoms with Crippen molar-refractivity contribution in [2.75, 3.05) is 13.7 Å². The van der Waals surface area contributed by atoms with Crippen LogP contribution in [0.1, 0.15) is 60.6 Å². The fraction of sp³-hybridized carbons (Fsp3) is 0.435. The Morgan fingerprint density at radius 1 is 1.20 bits per heavy atom. The minimum atomic E-state index is -3.63. The maximum absolute atomic E-state index is 13.1. The van der Waals surface area contributed by atoms with Crippen LogP contribution in [0.25, 0.3) is 0 Å². The summed E-state index contributed by atoms with van der Waals surface area (Å²) in [4.78, 5) is 13.0. The highest BCUT2D eigenvalue weighted by Gasteiger charge is 2.31. The van der Waals surface area contributed by atoms with Gasteiger partial charge in [-0.05, 0) is 57.9 Å². The van der Waals surface area contributed by atoms with Gasteiger partial charge in [-0.2, -0.15) is 4.31 Å². The number of carbonyl (C=O) groups is 1. The summed E-state index contributed by atoms with van der Waals surface area (Å²) in [5.74, 6) is 0.374. The largest absolute Gasteiger partial charge is 0.496 e. The summed E-state index contributed by atoms with van der Waals surface area (Å²) in [6.45, 7) is 6.31. The second-order valence-corrected chi connectivity index (χ2v) is 9.82. The fourth-order valence-corrected chi connectivity index (χ4v) is 5.66. The van der Waals surface area contributed by atoms with Crippen LogP contribution in [0.4, 0.5) is 0 Å². The molecule has 1 fully saturated rings. The van der Waals surface area contributed by atoms with Gasteiger partial charge in [-0.3, -0.25) is 4.79 Å². The summed E-state index contributed by atoms with van der Waals surface area (Å²) in [5, 5.41) is 2.95. The van der Waals surface area contributed by atoms with Crippen molar-refractivity contribution in [3.63, 3.8) is 0 Å². The summed E-state index contributed by atoms with van der Waals surface area (Å²) in [6.07, 6.45) is 2.75. The van der Waals surface area contributed by atoms with E-state index in [1.807, 2.05) is 39.0 Å². The van der Waals surface area contributed by atoms with Gasteiger partial charge < -0.3 is 10.1 Å². The predicted molar refractivity (Wildman–Crippen MR) is 117 cm³/mol. The van der Waals surface area contributed by atoms with Gasteiger partial charge in [-0.15, -0.1) is 0 Å². The Morgan fingerprint density at radius 3 is 2.67 bits per heavy atom. The smallest absolute Gasteiger partial charge is 0.251 e. The van der Waals surface area contributed by atoms with E-state index < -0.39 is 10.0 Å². The zero-order valence-corrected chi connectivity index (χ0v) is 18.8. The number of aryl methyl sites for hydroxylation is 1. The van der Waals surface area contributed by atoms with E-state index in [1.165, 1.54) is 6.07 Å². The molecule has 162 valence electrons. The number of piperidine rings is 1. The number of nitrogens with one attached hydrogen (secondary N) is 1. The van der Waals surface area contributed by atoms with Crippen molar-refractivity contribution in [3.05, 3.63) is 59.2 Å². The summed E-state index contributed by atoms with van der Waals surface area (Å²) in [6, 6.07) is 11.7. The minimum Gasteiger partial charge on any atom is -0.496 e. The minimum absolute atomic E-state index is 0.0324. The van der Waals surface area contributed by atoms with Gasteiger partial charge >= 0.3 is 0 Å². The average Bonchev–Trinajstić information content (AvgIpc) is 2.74. The molecule has 2 unspecified atom stereocenters. The molecule has 1 aliphatic rings. The van der Waals surface area contributed by atoms with E-state index in [-0.39, 0.29) is 22.9 Å². The van der Waals surface area contributed by atoms with Crippen LogP contribution < -0.4 is 10.1 Å². The molecule has 0 bridgehead atoms. The van der Waals surface area contributed by atoms with E-state index in [9.17, 15) is 13.2 Å². The normalized spacial score (nSPS) is 18.6. The highest BCUT2D eigenvalue weighted by atomic mass is 32.2. The van der Waals surface area contributed by atoms with Crippen molar-refractivity contribution >= 4 is 15.9 Å². The number of methoxy groups -OCH3 is 1. The van der Waals surface area contributed by atoms with Crippen LogP contribution in [0, 0.1) is 6.92 Å². The van der Waals surface area contributed by atoms with Crippen molar-refractivity contribution < 1.29 is 17.9 Å². The fourth-order valence-electron chi connectivity index (χ4n) is 3.91. The van der Waals surface area contributed by atoms with Gasteiger partial charge in [0.1, 0.15) is 5.75 Å². The molecule has 2 aromatic rings. The molecule has 7 heteroatoms. The molecule has 2 atom stereocenters. The van der Waals surface area contributed by atoms with Crippen molar-refractivity contribution in [2.24, 2.45) is 0 Å². The molecule has 0 aliphatic carbocycles. The SMILES string of the molecule is COc1ccc(C)cc1C(C)NC(=O)c1cccc(S(=O)(=O)N2CCCCC2C)c1. The lowest BCUT2D eigenvalue weighted by Gasteiger charge is -2.32. The number of amides is 1. The highest BCUT2D eigenvalue weighted by molar-refractivity contribution is 7.89. The van der Waals surface area contributed by atoms with Crippen LogP contribution in [0.3, 0.4) is 0 Å². The van der Waals surface area contributed by atoms with E-state index in [1.54, 1.807) is 29.6 Å². The van der Waals surface area contributed by atoms with E-state index in [4.69, 9.17) is 4.74 Å². The van der Waals surface area contributed by atoms with E-state index >= 15 is 0 Å². The van der Waals surface area contributed by atoms with E-state index in [2.05, 4.69) is 5.32 Å². The van der Waals surface area contributed by atoms with Crippen molar-refractivity contribution in [1.82, 2.24) is 9.62 Å². The standard InChI is InChI=1S/C23H30N2O4S/c1-16-11-12-22(29-4)21(14-16)18(3)24-23(26)19-9-7-10-20(15-19)30(27,28)25-13-6-5-8-17(25)2/h7,9-12,14-15,17-18H,5-6,8,13H2,1-4H3,(H,24,26). The average molecular weight is 431 g/mol. The number of benzene rings is 2. The van der Waals surface area contributed by atoms with Crippen LogP contribution in [-0.4, -0.2) is 38.3 Å². The monoisotopic (exact) mass is 430 g/mol. The first-order chi connectivity index (χ1) is 14.2. The van der Waals surface area contributed by atoms with Gasteiger partial charge in [-0.1, -0.05) is 30.2 Å². The molecule has 0 spiro atoms. The zero-order chi connectivity index (χ0) is 21.9. The maximum Gasteiger partial charge on any atom is 0.251 e. The first kappa shape index (κ1) is 22.3. The number of ether oxygens (including phenoxy) is 1. The predicted octanol–water partition coefficient (Wildman–Crippen LogP) is 4.06. The number of sulfonamides is 1. The third kappa shape index (κ3) is 4.68. The van der Waals surface area contributed by atoms with Gasteiger partial charge in [-0.25, -0.2) is 8.42 Å². The molecule has 1 N–H and O–H groups in total. The van der Waals surface area contributed by atoms with E-state index in [0.29, 0.717) is 17.9 Å². The molecule has 30 heavy (non-hydrogen) atoms. The Morgan fingerprint density at radius 2 is 1.97 bits per heavy atom. The van der Waals surface area contributed by atoms with Gasteiger partial charge in [0.05, 0.1) is 18.0 Å². The second-order valence-electron chi connectivity index (χ2n) is 7.93. The molecule has 1 amide bonds. The van der Waals surface area contributed by atoms with Crippen LogP contribution in [0.2, 0.25) is 0 Å². The molecule has 0 radical (unpaired) electrons. The Kier molecular flexibility index (Phi) is 6.83. The quantitative estimate of drug-likeness (QED) is 0.750. The van der Waals surface area contributed by atoms with Crippen LogP contribution in [0.5, 0.6) is 5.75 Å². The second kappa shape index (κ2) is 9.18. The van der Waals surface area contributed by atoms with Crippen LogP contribution in [0.15, 0.2) is 47.4 Å². The summed E-state index contributed by atoms with van der Waals surface area (Å²) < 4.78 is 33.2. The van der Waals surface area contributed by atoms with Gasteiger partial charge in [0, 0.05) is 23.7 Å². The van der Waals surface area contributed by atoms with Crippen molar-refractivity contribution in [2.45, 2.75) is 57.0 Å². The Bertz CT molecular complexity index is 1020. The molecule has 3 rings (SSSR count). The van der Waals surface area contributed by atoms with Crippen molar-refractivity contribution in [1.29, 1.82) is 0 Å². The Labute approximate surface area is 179 Å². The first-order valence-electron chi connectivity index (χ1n) is 10.3. The third-order valence-corrected chi connectivity index (χ3v) is 7.65. The molecule has 1 saturated heterocycles. The number of carbonyl (C=O) groups excluding carboxylic acids is 1. The lowest BCUT2D eigenvalue weighted by molar-refractivity contribution is 0.0939. The molecular weight excluding hydrogens is 400 g/mol. The van der Waals surface area contributed by atoms with Gasteiger partial charge in [0.2, 0.25) is 10.0 Å². The maximum atomic E-state index is 13.1. The van der Waals surface area contributed by atoms with Gasteiger partial charge in [0.15, 0.2) is 0 Å². The number of nitrogens with zero attached hydrogens (tertiary/aromatic N) is 1. The molecule has 2 aromatic carbocycles. The molecule has 1 heterocycles. The molecule has 1 aliphatic heterocycles. The summed E-state index contributed by atoms with van der Waals surface area (Å²) in [5.41, 5.74) is 2.26. The Hall–Kier alpha value is -2.38. The summed E-state index contributed by atoms with van der Waals surface area (Å²) >= 11 is 0. The topological polar surface area (TPSA) is 75.7 Å². The van der Waals surface area contributed by atoms with Crippen molar-refractivity contribution in [3.8, 4) is 5.75 Å². The lowest BCUT2D eigenvalue weighted by atomic mass is 10.0. The molecule has 0 aromatic heterocycles. The molecular formula is C23H30N2O4S. The Balaban J connectivity index is 1.82. The number of rotatable bonds is 6. The van der Waals surface area contributed by atoms with E-state index in [0.717, 1.165) is 30.4 Å². The van der Waals surface area contributed by atoms with Gasteiger partial charge in [0.25, 0.3) is 5.91 Å².